The number of hydrogen-bond acceptors (Lipinski definition) is 9. The Kier molecular flexibility index (Phi) is 4.30. The minimum absolute atomic E-state index is 0.369. The minimum atomic E-state index is -1.21. The van der Waals surface area contributed by atoms with Crippen molar-refractivity contribution < 1.29 is 24.9 Å². The van der Waals surface area contributed by atoms with E-state index >= 15 is 0 Å². The first-order chi connectivity index (χ1) is 10.6. The third-order valence-corrected chi connectivity index (χ3v) is 3.82. The van der Waals surface area contributed by atoms with Crippen LogP contribution in [0.15, 0.2) is 6.33 Å². The number of aliphatic hydroxyl groups is 3. The van der Waals surface area contributed by atoms with E-state index in [-0.39, 0.29) is 0 Å². The third-order valence-electron chi connectivity index (χ3n) is 3.40. The third kappa shape index (κ3) is 2.47. The number of aromatic nitrogens is 4. The summed E-state index contributed by atoms with van der Waals surface area (Å²) >= 11 is 2.20. The number of nitrogens with zero attached hydrogens (tertiary/aromatic N) is 4. The Morgan fingerprint density at radius 3 is 2.82 bits per heavy atom. The zero-order valence-corrected chi connectivity index (χ0v) is 13.4. The molecule has 3 heterocycles. The molecule has 1 saturated heterocycles. The Morgan fingerprint density at radius 1 is 1.41 bits per heavy atom. The fraction of sp³-hybridized carbons (Fsp3) is 0.545. The molecule has 2 unspecified atom stereocenters. The van der Waals surface area contributed by atoms with Crippen LogP contribution in [-0.4, -0.2) is 83.7 Å². The van der Waals surface area contributed by atoms with Gasteiger partial charge in [0.2, 0.25) is 0 Å². The molecule has 118 valence electrons. The summed E-state index contributed by atoms with van der Waals surface area (Å²) in [7, 11) is 1.45. The second-order valence-electron chi connectivity index (χ2n) is 4.73. The molecule has 1 aliphatic heterocycles. The van der Waals surface area contributed by atoms with Crippen LogP contribution in [-0.2, 0) is 9.57 Å². The van der Waals surface area contributed by atoms with Crippen molar-refractivity contribution in [2.75, 3.05) is 19.2 Å². The summed E-state index contributed by atoms with van der Waals surface area (Å²) in [5.41, 5.74) is 3.43. The van der Waals surface area contributed by atoms with E-state index < -0.39 is 31.1 Å². The van der Waals surface area contributed by atoms with Gasteiger partial charge in [-0.25, -0.2) is 0 Å². The zero-order valence-electron chi connectivity index (χ0n) is 11.5. The summed E-state index contributed by atoms with van der Waals surface area (Å²) < 4.78 is 7.38. The van der Waals surface area contributed by atoms with Gasteiger partial charge in [-0.05, 0) is 0 Å². The Balaban J connectivity index is 2.05. The van der Waals surface area contributed by atoms with Crippen molar-refractivity contribution in [3.8, 4) is 0 Å². The number of anilines is 1. The van der Waals surface area contributed by atoms with Gasteiger partial charge < -0.3 is 0 Å². The Hall–Kier alpha value is -1.29. The Morgan fingerprint density at radius 2 is 2.18 bits per heavy atom. The fourth-order valence-corrected chi connectivity index (χ4v) is 2.78. The second-order valence-corrected chi connectivity index (χ2v) is 5.57. The Bertz CT molecular complexity index is 682. The first-order valence-electron chi connectivity index (χ1n) is 6.41. The number of ether oxygens (including phenoxy) is 1. The molecule has 2 aromatic rings. The van der Waals surface area contributed by atoms with Gasteiger partial charge in [0.15, 0.2) is 0 Å². The van der Waals surface area contributed by atoms with E-state index in [1.54, 1.807) is 0 Å². The topological polar surface area (TPSA) is 135 Å². The second kappa shape index (κ2) is 6.07. The zero-order chi connectivity index (χ0) is 15.9. The van der Waals surface area contributed by atoms with Crippen LogP contribution in [0.1, 0.15) is 6.23 Å². The van der Waals surface area contributed by atoms with E-state index in [9.17, 15) is 10.2 Å². The van der Waals surface area contributed by atoms with Crippen molar-refractivity contribution in [3.05, 3.63) is 6.33 Å². The normalized spacial score (nSPS) is 28.4. The molecule has 3 rings (SSSR count). The van der Waals surface area contributed by atoms with Crippen LogP contribution < -0.4 is 10.1 Å². The molecule has 0 bridgehead atoms. The number of imidazole rings is 1. The molecule has 2 radical (unpaired) electrons. The van der Waals surface area contributed by atoms with Crippen LogP contribution in [0.5, 0.6) is 0 Å². The van der Waals surface area contributed by atoms with E-state index in [0.717, 1.165) is 0 Å². The van der Waals surface area contributed by atoms with Crippen molar-refractivity contribution in [3.63, 3.8) is 0 Å². The number of hydrogen-bond donors (Lipinski definition) is 4. The molecule has 0 amide bonds. The molecule has 22 heavy (non-hydrogen) atoms. The van der Waals surface area contributed by atoms with Crippen LogP contribution in [0.25, 0.3) is 11.2 Å². The van der Waals surface area contributed by atoms with Crippen LogP contribution in [0.4, 0.5) is 5.82 Å². The maximum absolute atomic E-state index is 10.1. The van der Waals surface area contributed by atoms with Crippen LogP contribution in [0, 0.1) is 0 Å². The molecule has 2 aromatic heterocycles. The number of nitrogens with one attached hydrogen (secondary N) is 1. The molecule has 10 nitrogen and oxygen atoms in total. The van der Waals surface area contributed by atoms with Crippen LogP contribution >= 0.6 is 0 Å². The summed E-state index contributed by atoms with van der Waals surface area (Å²) in [6.45, 7) is -0.400. The fourth-order valence-electron chi connectivity index (χ4n) is 2.37. The predicted molar refractivity (Wildman–Crippen MR) is 74.4 cm³/mol. The van der Waals surface area contributed by atoms with Gasteiger partial charge in [-0.1, -0.05) is 0 Å². The first kappa shape index (κ1) is 15.6. The van der Waals surface area contributed by atoms with Crippen LogP contribution in [0.2, 0.25) is 0 Å². The number of fused-ring (bicyclic) bond motifs is 1. The van der Waals surface area contributed by atoms with E-state index in [1.165, 1.54) is 18.0 Å². The first-order valence-corrected chi connectivity index (χ1v) is 7.35. The summed E-state index contributed by atoms with van der Waals surface area (Å²) in [6.07, 6.45) is -2.75. The maximum atomic E-state index is 10.1. The predicted octanol–water partition coefficient (Wildman–Crippen LogP) is -2.80. The van der Waals surface area contributed by atoms with Gasteiger partial charge in [0, 0.05) is 0 Å². The Labute approximate surface area is 133 Å². The van der Waals surface area contributed by atoms with Crippen molar-refractivity contribution >= 4 is 38.4 Å². The molecular weight excluding hydrogens is 357 g/mol. The van der Waals surface area contributed by atoms with Gasteiger partial charge in [-0.3, -0.25) is 0 Å². The summed E-state index contributed by atoms with van der Waals surface area (Å²) in [6, 6.07) is 0. The monoisotopic (exact) mass is 371 g/mol. The summed E-state index contributed by atoms with van der Waals surface area (Å²) in [5, 5.41) is 29.1. The quantitative estimate of drug-likeness (QED) is 0.332. The molecule has 1 fully saturated rings. The average molecular weight is 371 g/mol. The van der Waals surface area contributed by atoms with Crippen molar-refractivity contribution in [2.45, 2.75) is 24.5 Å². The van der Waals surface area contributed by atoms with Gasteiger partial charge in [0.1, 0.15) is 0 Å². The van der Waals surface area contributed by atoms with Crippen molar-refractivity contribution in [1.82, 2.24) is 19.5 Å². The van der Waals surface area contributed by atoms with Gasteiger partial charge in [0.05, 0.1) is 0 Å². The van der Waals surface area contributed by atoms with E-state index in [4.69, 9.17) is 14.7 Å². The summed E-state index contributed by atoms with van der Waals surface area (Å²) in [5.74, 6) is 0.369. The summed E-state index contributed by atoms with van der Waals surface area (Å²) in [4.78, 5) is 17.5. The molecule has 4 atom stereocenters. The van der Waals surface area contributed by atoms with E-state index in [1.807, 2.05) is 0 Å². The van der Waals surface area contributed by atoms with Gasteiger partial charge in [0.25, 0.3) is 0 Å². The number of rotatable bonds is 4. The molecular formula is C11H14AsN5O5. The van der Waals surface area contributed by atoms with Gasteiger partial charge in [-0.2, -0.15) is 0 Å². The number of aliphatic hydroxyl groups excluding tert-OH is 3. The molecule has 0 saturated carbocycles. The molecule has 4 N–H and O–H groups in total. The molecule has 11 heteroatoms. The van der Waals surface area contributed by atoms with E-state index in [2.05, 4.69) is 37.3 Å². The molecule has 0 aromatic carbocycles. The molecule has 0 aliphatic carbocycles. The van der Waals surface area contributed by atoms with Crippen molar-refractivity contribution in [1.29, 1.82) is 0 Å². The van der Waals surface area contributed by atoms with E-state index in [0.29, 0.717) is 21.6 Å². The van der Waals surface area contributed by atoms with Crippen molar-refractivity contribution in [2.24, 2.45) is 0 Å². The van der Waals surface area contributed by atoms with Crippen LogP contribution in [0.3, 0.4) is 0 Å². The standard InChI is InChI=1S/C11H14AsN5O5/c1-21-16-8-5-9(15-11(12)14-8)17(3-13-5)10-7(20)6(19)4(2-18)22-10/h3-4,6-7,10,18-20H,2H2,1H3,(H,14,15,16)/t4-,6?,7?,10-/m1/s1. The van der Waals surface area contributed by atoms with Gasteiger partial charge in [-0.15, -0.1) is 0 Å². The SMILES string of the molecule is CONc1nc([As])nc2c1ncn2[C@@H]1O[C@H](CO)C(O)C1O. The molecule has 0 spiro atoms. The average Bonchev–Trinajstić information content (AvgIpc) is 3.02. The van der Waals surface area contributed by atoms with Gasteiger partial charge >= 0.3 is 133 Å². The molecule has 1 aliphatic rings.